The standard InChI is InChI=1S/C39H26N2/c1-39(2)30-17-9-6-14-24(30)27-20-21-33-34(36(27)39)35-37-28(22-29-26-16-8-11-19-32(26)41(33)38(29)35)25-15-7-10-18-31(25)40(37)23-12-4-3-5-13-23/h3-22H,1-2H3. The Morgan fingerprint density at radius 2 is 1.15 bits per heavy atom. The summed E-state index contributed by atoms with van der Waals surface area (Å²) < 4.78 is 5.05. The predicted molar refractivity (Wildman–Crippen MR) is 173 cm³/mol. The summed E-state index contributed by atoms with van der Waals surface area (Å²) in [6, 6.07) is 44.9. The molecule has 6 aromatic carbocycles. The molecule has 0 fully saturated rings. The maximum Gasteiger partial charge on any atom is 0.0642 e. The molecule has 0 spiro atoms. The van der Waals surface area contributed by atoms with Gasteiger partial charge in [-0.3, -0.25) is 0 Å². The highest BCUT2D eigenvalue weighted by molar-refractivity contribution is 6.35. The number of benzene rings is 6. The number of hydrogen-bond acceptors (Lipinski definition) is 0. The van der Waals surface area contributed by atoms with Crippen molar-refractivity contribution in [2.45, 2.75) is 19.3 Å². The summed E-state index contributed by atoms with van der Waals surface area (Å²) in [6.07, 6.45) is 0. The summed E-state index contributed by atoms with van der Waals surface area (Å²) in [4.78, 5) is 0. The minimum Gasteiger partial charge on any atom is -0.309 e. The third-order valence-corrected chi connectivity index (χ3v) is 9.79. The molecule has 41 heavy (non-hydrogen) atoms. The fraction of sp³-hybridized carbons (Fsp3) is 0.0769. The van der Waals surface area contributed by atoms with Crippen LogP contribution in [0.25, 0.3) is 76.7 Å². The van der Waals surface area contributed by atoms with Crippen LogP contribution in [0.3, 0.4) is 0 Å². The van der Waals surface area contributed by atoms with Crippen molar-refractivity contribution < 1.29 is 0 Å². The Bertz CT molecular complexity index is 2540. The lowest BCUT2D eigenvalue weighted by molar-refractivity contribution is 0.666. The Labute approximate surface area is 237 Å². The molecule has 2 nitrogen and oxygen atoms in total. The van der Waals surface area contributed by atoms with E-state index in [2.05, 4.69) is 144 Å². The first-order chi connectivity index (χ1) is 20.1. The molecule has 0 bridgehead atoms. The van der Waals surface area contributed by atoms with Crippen molar-refractivity contribution in [2.24, 2.45) is 0 Å². The molecule has 9 aromatic rings. The van der Waals surface area contributed by atoms with Crippen molar-refractivity contribution in [1.82, 2.24) is 8.97 Å². The molecule has 2 heteroatoms. The first-order valence-electron chi connectivity index (χ1n) is 14.5. The van der Waals surface area contributed by atoms with E-state index in [4.69, 9.17) is 0 Å². The number of aromatic nitrogens is 2. The van der Waals surface area contributed by atoms with Gasteiger partial charge in [-0.25, -0.2) is 0 Å². The summed E-state index contributed by atoms with van der Waals surface area (Å²) in [6.45, 7) is 4.82. The van der Waals surface area contributed by atoms with Crippen molar-refractivity contribution in [3.05, 3.63) is 132 Å². The summed E-state index contributed by atoms with van der Waals surface area (Å²) in [7, 11) is 0. The summed E-state index contributed by atoms with van der Waals surface area (Å²) in [5.41, 5.74) is 13.1. The number of para-hydroxylation sites is 3. The van der Waals surface area contributed by atoms with Gasteiger partial charge in [-0.2, -0.15) is 0 Å². The molecule has 10 rings (SSSR count). The van der Waals surface area contributed by atoms with Crippen LogP contribution in [0.15, 0.2) is 121 Å². The van der Waals surface area contributed by atoms with Crippen LogP contribution >= 0.6 is 0 Å². The van der Waals surface area contributed by atoms with Gasteiger partial charge in [-0.15, -0.1) is 0 Å². The molecule has 0 radical (unpaired) electrons. The van der Waals surface area contributed by atoms with Crippen LogP contribution in [-0.2, 0) is 5.41 Å². The molecule has 0 unspecified atom stereocenters. The monoisotopic (exact) mass is 522 g/mol. The average molecular weight is 523 g/mol. The van der Waals surface area contributed by atoms with E-state index in [0.29, 0.717) is 0 Å². The molecule has 0 saturated carbocycles. The molecule has 192 valence electrons. The predicted octanol–water partition coefficient (Wildman–Crippen LogP) is 10.2. The van der Waals surface area contributed by atoms with E-state index < -0.39 is 0 Å². The summed E-state index contributed by atoms with van der Waals surface area (Å²) in [5.74, 6) is 0. The Hall–Kier alpha value is -5.08. The molecular formula is C39H26N2. The maximum absolute atomic E-state index is 2.54. The topological polar surface area (TPSA) is 9.34 Å². The molecular weight excluding hydrogens is 496 g/mol. The Morgan fingerprint density at radius 1 is 0.488 bits per heavy atom. The number of rotatable bonds is 1. The van der Waals surface area contributed by atoms with Crippen LogP contribution in [0.4, 0.5) is 0 Å². The molecule has 0 aliphatic heterocycles. The lowest BCUT2D eigenvalue weighted by atomic mass is 9.80. The lowest BCUT2D eigenvalue weighted by Crippen LogP contribution is -2.15. The smallest absolute Gasteiger partial charge is 0.0642 e. The van der Waals surface area contributed by atoms with Gasteiger partial charge in [0.05, 0.1) is 27.6 Å². The minimum atomic E-state index is -0.116. The summed E-state index contributed by atoms with van der Waals surface area (Å²) >= 11 is 0. The molecule has 0 N–H and O–H groups in total. The molecule has 0 saturated heterocycles. The van der Waals surface area contributed by atoms with Crippen LogP contribution in [0, 0.1) is 0 Å². The lowest BCUT2D eigenvalue weighted by Gasteiger charge is -2.23. The second-order valence-corrected chi connectivity index (χ2v) is 12.1. The van der Waals surface area contributed by atoms with Crippen LogP contribution in [-0.4, -0.2) is 8.97 Å². The van der Waals surface area contributed by atoms with Crippen molar-refractivity contribution >= 4 is 59.9 Å². The van der Waals surface area contributed by atoms with E-state index >= 15 is 0 Å². The van der Waals surface area contributed by atoms with E-state index in [1.165, 1.54) is 87.8 Å². The van der Waals surface area contributed by atoms with Gasteiger partial charge in [-0.05, 0) is 58.7 Å². The quantitative estimate of drug-likeness (QED) is 0.203. The van der Waals surface area contributed by atoms with Crippen molar-refractivity contribution in [1.29, 1.82) is 0 Å². The van der Waals surface area contributed by atoms with Gasteiger partial charge < -0.3 is 8.97 Å². The van der Waals surface area contributed by atoms with Gasteiger partial charge >= 0.3 is 0 Å². The van der Waals surface area contributed by atoms with Gasteiger partial charge in [0, 0.05) is 43.4 Å². The second-order valence-electron chi connectivity index (χ2n) is 12.1. The van der Waals surface area contributed by atoms with Crippen molar-refractivity contribution in [3.63, 3.8) is 0 Å². The van der Waals surface area contributed by atoms with Crippen LogP contribution in [0.5, 0.6) is 0 Å². The third-order valence-electron chi connectivity index (χ3n) is 9.79. The Balaban J connectivity index is 1.57. The normalized spacial score (nSPS) is 14.3. The van der Waals surface area contributed by atoms with E-state index in [9.17, 15) is 0 Å². The zero-order valence-electron chi connectivity index (χ0n) is 22.9. The molecule has 1 aliphatic rings. The molecule has 3 heterocycles. The van der Waals surface area contributed by atoms with E-state index in [1.54, 1.807) is 0 Å². The Morgan fingerprint density at radius 3 is 1.98 bits per heavy atom. The molecule has 3 aromatic heterocycles. The van der Waals surface area contributed by atoms with Crippen molar-refractivity contribution in [3.8, 4) is 16.8 Å². The number of nitrogens with zero attached hydrogens (tertiary/aromatic N) is 2. The van der Waals surface area contributed by atoms with E-state index in [-0.39, 0.29) is 5.41 Å². The minimum absolute atomic E-state index is 0.116. The zero-order chi connectivity index (χ0) is 27.0. The first kappa shape index (κ1) is 21.7. The van der Waals surface area contributed by atoms with Gasteiger partial charge in [0.1, 0.15) is 0 Å². The van der Waals surface area contributed by atoms with Crippen LogP contribution in [0.2, 0.25) is 0 Å². The Kier molecular flexibility index (Phi) is 3.79. The fourth-order valence-corrected chi connectivity index (χ4v) is 8.21. The number of fused-ring (bicyclic) bond motifs is 14. The average Bonchev–Trinajstić information content (AvgIpc) is 3.70. The van der Waals surface area contributed by atoms with E-state index in [1.807, 2.05) is 0 Å². The highest BCUT2D eigenvalue weighted by Crippen LogP contribution is 2.55. The van der Waals surface area contributed by atoms with Crippen molar-refractivity contribution in [2.75, 3.05) is 0 Å². The zero-order valence-corrected chi connectivity index (χ0v) is 22.9. The molecule has 1 aliphatic carbocycles. The highest BCUT2D eigenvalue weighted by atomic mass is 15.0. The first-order valence-corrected chi connectivity index (χ1v) is 14.5. The van der Waals surface area contributed by atoms with Gasteiger partial charge in [0.25, 0.3) is 0 Å². The maximum atomic E-state index is 2.54. The summed E-state index contributed by atoms with van der Waals surface area (Å²) in [5, 5.41) is 8.01. The van der Waals surface area contributed by atoms with Gasteiger partial charge in [0.15, 0.2) is 0 Å². The molecule has 0 amide bonds. The van der Waals surface area contributed by atoms with Gasteiger partial charge in [-0.1, -0.05) is 98.8 Å². The third kappa shape index (κ3) is 2.43. The van der Waals surface area contributed by atoms with Crippen LogP contribution in [0.1, 0.15) is 25.0 Å². The largest absolute Gasteiger partial charge is 0.309 e. The SMILES string of the molecule is CC1(C)c2ccccc2-c2ccc3c(c21)c1c2c(cc4c5ccccc5n3c41)c1ccccc1n2-c1ccccc1. The molecule has 0 atom stereocenters. The highest BCUT2D eigenvalue weighted by Gasteiger charge is 2.39. The van der Waals surface area contributed by atoms with E-state index in [0.717, 1.165) is 0 Å². The number of hydrogen-bond donors (Lipinski definition) is 0. The second kappa shape index (κ2) is 7.16. The van der Waals surface area contributed by atoms with Gasteiger partial charge in [0.2, 0.25) is 0 Å². The van der Waals surface area contributed by atoms with Crippen LogP contribution < -0.4 is 0 Å². The fourth-order valence-electron chi connectivity index (χ4n) is 8.21.